The van der Waals surface area contributed by atoms with Gasteiger partial charge in [-0.2, -0.15) is 0 Å². The average Bonchev–Trinajstić information content (AvgIpc) is 3.20. The Labute approximate surface area is 208 Å². The van der Waals surface area contributed by atoms with E-state index < -0.39 is 0 Å². The molecule has 35 heavy (non-hydrogen) atoms. The first-order chi connectivity index (χ1) is 16.9. The second-order valence-corrected chi connectivity index (χ2v) is 9.47. The third kappa shape index (κ3) is 6.10. The summed E-state index contributed by atoms with van der Waals surface area (Å²) in [5, 5.41) is 3.03. The number of amides is 1. The van der Waals surface area contributed by atoms with Crippen LogP contribution < -0.4 is 10.1 Å². The molecule has 0 fully saturated rings. The molecule has 0 radical (unpaired) electrons. The number of para-hydroxylation sites is 2. The molecule has 5 nitrogen and oxygen atoms in total. The van der Waals surface area contributed by atoms with Crippen LogP contribution in [0.25, 0.3) is 11.0 Å². The van der Waals surface area contributed by atoms with Gasteiger partial charge in [0.1, 0.15) is 11.6 Å². The van der Waals surface area contributed by atoms with Crippen LogP contribution in [0.1, 0.15) is 65.5 Å². The monoisotopic (exact) mass is 469 g/mol. The Morgan fingerprint density at radius 3 is 2.49 bits per heavy atom. The second-order valence-electron chi connectivity index (χ2n) is 9.47. The first-order valence-electron chi connectivity index (χ1n) is 12.4. The average molecular weight is 470 g/mol. The molecule has 1 N–H and O–H groups in total. The molecule has 0 aliphatic carbocycles. The molecule has 3 aromatic carbocycles. The predicted octanol–water partition coefficient (Wildman–Crippen LogP) is 6.57. The molecule has 0 spiro atoms. The number of hydrogen-bond acceptors (Lipinski definition) is 3. The van der Waals surface area contributed by atoms with E-state index in [9.17, 15) is 4.79 Å². The van der Waals surface area contributed by atoms with Crippen LogP contribution in [-0.4, -0.2) is 22.1 Å². The summed E-state index contributed by atoms with van der Waals surface area (Å²) in [6, 6.07) is 22.2. The van der Waals surface area contributed by atoms with Crippen LogP contribution in [0.3, 0.4) is 0 Å². The fraction of sp³-hybridized carbons (Fsp3) is 0.333. The van der Waals surface area contributed by atoms with Crippen LogP contribution >= 0.6 is 0 Å². The third-order valence-electron chi connectivity index (χ3n) is 6.28. The predicted molar refractivity (Wildman–Crippen MR) is 142 cm³/mol. The lowest BCUT2D eigenvalue weighted by Gasteiger charge is -2.15. The van der Waals surface area contributed by atoms with Crippen molar-refractivity contribution in [2.45, 2.75) is 59.5 Å². The van der Waals surface area contributed by atoms with Gasteiger partial charge in [-0.15, -0.1) is 0 Å². The lowest BCUT2D eigenvalue weighted by Crippen LogP contribution is -2.24. The van der Waals surface area contributed by atoms with Gasteiger partial charge in [0.05, 0.1) is 24.2 Å². The van der Waals surface area contributed by atoms with Crippen molar-refractivity contribution in [1.29, 1.82) is 0 Å². The Hall–Kier alpha value is -3.60. The summed E-state index contributed by atoms with van der Waals surface area (Å²) in [6.07, 6.45) is 1.90. The number of ether oxygens (including phenoxy) is 1. The van der Waals surface area contributed by atoms with E-state index in [1.54, 1.807) is 0 Å². The Bertz CT molecular complexity index is 1290. The van der Waals surface area contributed by atoms with Crippen LogP contribution in [0.2, 0.25) is 0 Å². The third-order valence-corrected chi connectivity index (χ3v) is 6.28. The van der Waals surface area contributed by atoms with Crippen molar-refractivity contribution in [1.82, 2.24) is 14.9 Å². The summed E-state index contributed by atoms with van der Waals surface area (Å²) in [4.78, 5) is 17.4. The fourth-order valence-electron chi connectivity index (χ4n) is 4.27. The van der Waals surface area contributed by atoms with Gasteiger partial charge in [0.15, 0.2) is 0 Å². The van der Waals surface area contributed by atoms with Crippen LogP contribution in [0.4, 0.5) is 0 Å². The number of carbonyl (C=O) groups excluding carboxylic acids is 1. The number of imidazole rings is 1. The zero-order valence-corrected chi connectivity index (χ0v) is 21.2. The number of nitrogens with zero attached hydrogens (tertiary/aromatic N) is 2. The topological polar surface area (TPSA) is 56.2 Å². The van der Waals surface area contributed by atoms with Gasteiger partial charge in [-0.25, -0.2) is 4.98 Å². The van der Waals surface area contributed by atoms with E-state index in [1.165, 1.54) is 11.1 Å². The van der Waals surface area contributed by atoms with Crippen LogP contribution in [0.5, 0.6) is 5.75 Å². The zero-order valence-electron chi connectivity index (χ0n) is 21.2. The maximum Gasteiger partial charge on any atom is 0.251 e. The number of nitrogens with one attached hydrogen (secondary N) is 1. The van der Waals surface area contributed by atoms with Gasteiger partial charge < -0.3 is 14.6 Å². The van der Waals surface area contributed by atoms with E-state index in [1.807, 2.05) is 49.4 Å². The van der Waals surface area contributed by atoms with Crippen LogP contribution in [-0.2, 0) is 13.1 Å². The first-order valence-corrected chi connectivity index (χ1v) is 12.4. The highest BCUT2D eigenvalue weighted by Crippen LogP contribution is 2.27. The SMILES string of the molecule is Cc1ccc(C(=O)NCc2nc3ccccc3n2CCCCOc2cc(C)ccc2C(C)C)cc1. The van der Waals surface area contributed by atoms with E-state index in [4.69, 9.17) is 9.72 Å². The molecular formula is C30H35N3O2. The van der Waals surface area contributed by atoms with Crippen molar-refractivity contribution >= 4 is 16.9 Å². The van der Waals surface area contributed by atoms with Gasteiger partial charge in [-0.1, -0.05) is 55.8 Å². The van der Waals surface area contributed by atoms with Crippen molar-refractivity contribution < 1.29 is 9.53 Å². The van der Waals surface area contributed by atoms with Gasteiger partial charge in [0.2, 0.25) is 0 Å². The molecule has 182 valence electrons. The Balaban J connectivity index is 1.38. The highest BCUT2D eigenvalue weighted by molar-refractivity contribution is 5.94. The number of fused-ring (bicyclic) bond motifs is 1. The number of hydrogen-bond donors (Lipinski definition) is 1. The van der Waals surface area contributed by atoms with Crippen LogP contribution in [0, 0.1) is 13.8 Å². The normalized spacial score (nSPS) is 11.2. The van der Waals surface area contributed by atoms with Crippen molar-refractivity contribution in [3.8, 4) is 5.75 Å². The molecule has 0 unspecified atom stereocenters. The number of aryl methyl sites for hydroxylation is 3. The fourth-order valence-corrected chi connectivity index (χ4v) is 4.27. The lowest BCUT2D eigenvalue weighted by molar-refractivity contribution is 0.0949. The van der Waals surface area contributed by atoms with Crippen molar-refractivity contribution in [2.75, 3.05) is 6.61 Å². The number of aromatic nitrogens is 2. The molecule has 5 heteroatoms. The van der Waals surface area contributed by atoms with E-state index in [2.05, 4.69) is 54.9 Å². The summed E-state index contributed by atoms with van der Waals surface area (Å²) >= 11 is 0. The van der Waals surface area contributed by atoms with Gasteiger partial charge in [0.25, 0.3) is 5.91 Å². The summed E-state index contributed by atoms with van der Waals surface area (Å²) in [5.41, 5.74) is 6.30. The molecular weight excluding hydrogens is 434 g/mol. The molecule has 0 bridgehead atoms. The highest BCUT2D eigenvalue weighted by Gasteiger charge is 2.13. The molecule has 1 amide bonds. The Kier molecular flexibility index (Phi) is 7.86. The Morgan fingerprint density at radius 2 is 1.71 bits per heavy atom. The standard InChI is InChI=1S/C30H35N3O2/c1-21(2)25-16-13-23(4)19-28(25)35-18-8-7-17-33-27-10-6-5-9-26(27)32-29(33)20-31-30(34)24-14-11-22(3)12-15-24/h5-6,9-16,19,21H,7-8,17-18,20H2,1-4H3,(H,31,34). The molecule has 0 aliphatic heterocycles. The Morgan fingerprint density at radius 1 is 0.971 bits per heavy atom. The maximum absolute atomic E-state index is 12.6. The van der Waals surface area contributed by atoms with Crippen molar-refractivity contribution in [3.05, 3.63) is 94.8 Å². The molecule has 0 saturated heterocycles. The molecule has 0 aliphatic rings. The lowest BCUT2D eigenvalue weighted by atomic mass is 10.0. The maximum atomic E-state index is 12.6. The molecule has 4 aromatic rings. The largest absolute Gasteiger partial charge is 0.493 e. The zero-order chi connectivity index (χ0) is 24.8. The van der Waals surface area contributed by atoms with Gasteiger partial charge >= 0.3 is 0 Å². The first kappa shape index (κ1) is 24.5. The summed E-state index contributed by atoms with van der Waals surface area (Å²) < 4.78 is 8.39. The number of benzene rings is 3. The van der Waals surface area contributed by atoms with Crippen LogP contribution in [0.15, 0.2) is 66.7 Å². The van der Waals surface area contributed by atoms with Gasteiger partial charge in [-0.3, -0.25) is 4.79 Å². The summed E-state index contributed by atoms with van der Waals surface area (Å²) in [5.74, 6) is 2.21. The highest BCUT2D eigenvalue weighted by atomic mass is 16.5. The minimum Gasteiger partial charge on any atom is -0.493 e. The minimum atomic E-state index is -0.0869. The molecule has 1 aromatic heterocycles. The summed E-state index contributed by atoms with van der Waals surface area (Å²) in [7, 11) is 0. The number of unbranched alkanes of at least 4 members (excludes halogenated alkanes) is 1. The van der Waals surface area contributed by atoms with Crippen molar-refractivity contribution in [3.63, 3.8) is 0 Å². The second kappa shape index (κ2) is 11.2. The van der Waals surface area contributed by atoms with E-state index in [-0.39, 0.29) is 5.91 Å². The minimum absolute atomic E-state index is 0.0869. The number of rotatable bonds is 10. The molecule has 0 atom stereocenters. The quantitative estimate of drug-likeness (QED) is 0.267. The van der Waals surface area contributed by atoms with Gasteiger partial charge in [-0.05, 0) is 74.1 Å². The molecule has 4 rings (SSSR count). The molecule has 0 saturated carbocycles. The molecule has 1 heterocycles. The smallest absolute Gasteiger partial charge is 0.251 e. The van der Waals surface area contributed by atoms with Crippen molar-refractivity contribution in [2.24, 2.45) is 0 Å². The van der Waals surface area contributed by atoms with E-state index in [0.29, 0.717) is 24.6 Å². The number of carbonyl (C=O) groups is 1. The summed E-state index contributed by atoms with van der Waals surface area (Å²) in [6.45, 7) is 10.4. The van der Waals surface area contributed by atoms with Gasteiger partial charge in [0, 0.05) is 12.1 Å². The van der Waals surface area contributed by atoms with E-state index in [0.717, 1.165) is 47.6 Å². The van der Waals surface area contributed by atoms with E-state index >= 15 is 0 Å².